The van der Waals surface area contributed by atoms with E-state index in [4.69, 9.17) is 4.74 Å². The molecule has 0 spiro atoms. The number of amides is 3. The molecular formula is C13H18N4O3. The van der Waals surface area contributed by atoms with Crippen LogP contribution < -0.4 is 26.0 Å². The average Bonchev–Trinajstić information content (AvgIpc) is 2.49. The number of methoxy groups -OCH3 is 1. The lowest BCUT2D eigenvalue weighted by Crippen LogP contribution is -2.57. The van der Waals surface area contributed by atoms with Gasteiger partial charge in [0.05, 0.1) is 13.2 Å². The summed E-state index contributed by atoms with van der Waals surface area (Å²) in [5, 5.41) is 11.0. The van der Waals surface area contributed by atoms with Gasteiger partial charge < -0.3 is 20.7 Å². The Labute approximate surface area is 117 Å². The molecule has 1 aliphatic heterocycles. The van der Waals surface area contributed by atoms with Gasteiger partial charge in [-0.2, -0.15) is 0 Å². The van der Waals surface area contributed by atoms with Gasteiger partial charge in [-0.05, 0) is 24.3 Å². The number of hydrogen-bond acceptors (Lipinski definition) is 5. The molecule has 4 N–H and O–H groups in total. The van der Waals surface area contributed by atoms with E-state index in [2.05, 4.69) is 21.3 Å². The van der Waals surface area contributed by atoms with Crippen molar-refractivity contribution in [1.29, 1.82) is 0 Å². The molecule has 108 valence electrons. The summed E-state index contributed by atoms with van der Waals surface area (Å²) in [4.78, 5) is 23.5. The molecule has 1 saturated heterocycles. The van der Waals surface area contributed by atoms with E-state index in [-0.39, 0.29) is 11.9 Å². The predicted octanol–water partition coefficient (Wildman–Crippen LogP) is -0.0953. The molecule has 1 unspecified atom stereocenters. The molecule has 1 fully saturated rings. The van der Waals surface area contributed by atoms with Gasteiger partial charge in [0, 0.05) is 25.3 Å². The number of nitrogens with one attached hydrogen (secondary N) is 4. The highest BCUT2D eigenvalue weighted by Gasteiger charge is 2.21. The van der Waals surface area contributed by atoms with Crippen molar-refractivity contribution < 1.29 is 14.3 Å². The fraction of sp³-hybridized carbons (Fsp3) is 0.385. The van der Waals surface area contributed by atoms with E-state index in [1.165, 1.54) is 0 Å². The number of anilines is 1. The second kappa shape index (κ2) is 6.88. The van der Waals surface area contributed by atoms with Crippen LogP contribution in [0.25, 0.3) is 0 Å². The van der Waals surface area contributed by atoms with Crippen LogP contribution in [0.3, 0.4) is 0 Å². The molecule has 0 aliphatic carbocycles. The van der Waals surface area contributed by atoms with Crippen molar-refractivity contribution in [2.24, 2.45) is 0 Å². The van der Waals surface area contributed by atoms with E-state index < -0.39 is 6.03 Å². The first-order valence-electron chi connectivity index (χ1n) is 6.39. The van der Waals surface area contributed by atoms with Gasteiger partial charge in [-0.1, -0.05) is 0 Å². The summed E-state index contributed by atoms with van der Waals surface area (Å²) in [6, 6.07) is 5.92. The van der Waals surface area contributed by atoms with Crippen molar-refractivity contribution in [3.63, 3.8) is 0 Å². The molecule has 1 atom stereocenters. The lowest BCUT2D eigenvalue weighted by Gasteiger charge is -2.23. The number of piperazine rings is 1. The van der Waals surface area contributed by atoms with Crippen LogP contribution in [-0.4, -0.2) is 44.7 Å². The molecule has 0 aromatic heterocycles. The third-order valence-corrected chi connectivity index (χ3v) is 2.94. The van der Waals surface area contributed by atoms with Crippen molar-refractivity contribution in [3.05, 3.63) is 24.3 Å². The van der Waals surface area contributed by atoms with Crippen molar-refractivity contribution in [2.75, 3.05) is 32.1 Å². The summed E-state index contributed by atoms with van der Waals surface area (Å²) in [6.45, 7) is 2.04. The highest BCUT2D eigenvalue weighted by atomic mass is 16.5. The number of imide groups is 1. The van der Waals surface area contributed by atoms with Gasteiger partial charge in [0.2, 0.25) is 5.91 Å². The molecule has 1 aromatic carbocycles. The Morgan fingerprint density at radius 2 is 2.00 bits per heavy atom. The van der Waals surface area contributed by atoms with Crippen LogP contribution in [0.15, 0.2) is 24.3 Å². The van der Waals surface area contributed by atoms with Crippen LogP contribution in [0.5, 0.6) is 5.75 Å². The molecular weight excluding hydrogens is 260 g/mol. The Kier molecular flexibility index (Phi) is 4.91. The normalized spacial score (nSPS) is 18.1. The number of urea groups is 1. The molecule has 20 heavy (non-hydrogen) atoms. The number of rotatable bonds is 3. The number of benzene rings is 1. The fourth-order valence-electron chi connectivity index (χ4n) is 1.87. The Hall–Kier alpha value is -2.12. The van der Waals surface area contributed by atoms with E-state index in [1.807, 2.05) is 0 Å². The second-order valence-electron chi connectivity index (χ2n) is 4.38. The third kappa shape index (κ3) is 3.94. The minimum absolute atomic E-state index is 0.344. The minimum atomic E-state index is -0.549. The summed E-state index contributed by atoms with van der Waals surface area (Å²) >= 11 is 0. The zero-order valence-electron chi connectivity index (χ0n) is 11.2. The molecule has 1 heterocycles. The van der Waals surface area contributed by atoms with Crippen molar-refractivity contribution in [2.45, 2.75) is 6.04 Å². The first kappa shape index (κ1) is 14.3. The number of carbonyl (C=O) groups excluding carboxylic acids is 2. The summed E-state index contributed by atoms with van der Waals surface area (Å²) < 4.78 is 5.02. The highest BCUT2D eigenvalue weighted by molar-refractivity contribution is 6.03. The largest absolute Gasteiger partial charge is 0.497 e. The van der Waals surface area contributed by atoms with Crippen LogP contribution in [0.2, 0.25) is 0 Å². The Bertz CT molecular complexity index is 469. The average molecular weight is 278 g/mol. The minimum Gasteiger partial charge on any atom is -0.497 e. The molecule has 1 aliphatic rings. The van der Waals surface area contributed by atoms with Crippen LogP contribution in [-0.2, 0) is 4.79 Å². The van der Waals surface area contributed by atoms with E-state index in [0.29, 0.717) is 24.5 Å². The van der Waals surface area contributed by atoms with Crippen LogP contribution in [0.4, 0.5) is 10.5 Å². The first-order chi connectivity index (χ1) is 9.69. The molecule has 3 amide bonds. The Morgan fingerprint density at radius 1 is 1.25 bits per heavy atom. The van der Waals surface area contributed by atoms with Crippen LogP contribution >= 0.6 is 0 Å². The molecule has 2 rings (SSSR count). The topological polar surface area (TPSA) is 91.5 Å². The van der Waals surface area contributed by atoms with Crippen LogP contribution in [0.1, 0.15) is 0 Å². The molecule has 7 nitrogen and oxygen atoms in total. The quantitative estimate of drug-likeness (QED) is 0.620. The third-order valence-electron chi connectivity index (χ3n) is 2.94. The predicted molar refractivity (Wildman–Crippen MR) is 74.8 cm³/mol. The maximum absolute atomic E-state index is 11.8. The SMILES string of the molecule is COc1ccc(NC(=O)NC(=O)C2CNCCN2)cc1. The van der Waals surface area contributed by atoms with E-state index in [9.17, 15) is 9.59 Å². The number of ether oxygens (including phenoxy) is 1. The Morgan fingerprint density at radius 3 is 2.60 bits per heavy atom. The molecule has 0 bridgehead atoms. The molecule has 1 aromatic rings. The lowest BCUT2D eigenvalue weighted by molar-refractivity contribution is -0.122. The van der Waals surface area contributed by atoms with Crippen LogP contribution in [0, 0.1) is 0 Å². The van der Waals surface area contributed by atoms with Gasteiger partial charge in [-0.25, -0.2) is 4.79 Å². The summed E-state index contributed by atoms with van der Waals surface area (Å²) in [5.74, 6) is 0.354. The molecule has 0 radical (unpaired) electrons. The zero-order valence-corrected chi connectivity index (χ0v) is 11.2. The summed E-state index contributed by atoms with van der Waals surface area (Å²) in [7, 11) is 1.57. The van der Waals surface area contributed by atoms with E-state index in [0.717, 1.165) is 6.54 Å². The monoisotopic (exact) mass is 278 g/mol. The van der Waals surface area contributed by atoms with Gasteiger partial charge in [-0.15, -0.1) is 0 Å². The number of carbonyl (C=O) groups is 2. The van der Waals surface area contributed by atoms with Crippen molar-refractivity contribution in [1.82, 2.24) is 16.0 Å². The second-order valence-corrected chi connectivity index (χ2v) is 4.38. The van der Waals surface area contributed by atoms with Gasteiger partial charge in [-0.3, -0.25) is 10.1 Å². The summed E-state index contributed by atoms with van der Waals surface area (Å²) in [6.07, 6.45) is 0. The van der Waals surface area contributed by atoms with Crippen molar-refractivity contribution >= 4 is 17.6 Å². The molecule has 0 saturated carbocycles. The van der Waals surface area contributed by atoms with E-state index in [1.54, 1.807) is 31.4 Å². The van der Waals surface area contributed by atoms with Gasteiger partial charge in [0.15, 0.2) is 0 Å². The standard InChI is InChI=1S/C13H18N4O3/c1-20-10-4-2-9(3-5-10)16-13(19)17-12(18)11-8-14-6-7-15-11/h2-5,11,14-15H,6-8H2,1H3,(H2,16,17,18,19). The van der Waals surface area contributed by atoms with Gasteiger partial charge >= 0.3 is 6.03 Å². The van der Waals surface area contributed by atoms with Gasteiger partial charge in [0.1, 0.15) is 5.75 Å². The first-order valence-corrected chi connectivity index (χ1v) is 6.39. The Balaban J connectivity index is 1.83. The fourth-order valence-corrected chi connectivity index (χ4v) is 1.87. The maximum Gasteiger partial charge on any atom is 0.325 e. The maximum atomic E-state index is 11.8. The number of hydrogen-bond donors (Lipinski definition) is 4. The molecule has 7 heteroatoms. The summed E-state index contributed by atoms with van der Waals surface area (Å²) in [5.41, 5.74) is 0.589. The van der Waals surface area contributed by atoms with E-state index >= 15 is 0 Å². The highest BCUT2D eigenvalue weighted by Crippen LogP contribution is 2.14. The zero-order chi connectivity index (χ0) is 14.4. The smallest absolute Gasteiger partial charge is 0.325 e. The van der Waals surface area contributed by atoms with Gasteiger partial charge in [0.25, 0.3) is 0 Å². The lowest BCUT2D eigenvalue weighted by atomic mass is 10.2. The van der Waals surface area contributed by atoms with Crippen molar-refractivity contribution in [3.8, 4) is 5.75 Å².